The Balaban J connectivity index is 3.08. The number of aliphatic hydroxyl groups is 1. The molecule has 1 atom stereocenters. The summed E-state index contributed by atoms with van der Waals surface area (Å²) in [5.41, 5.74) is 6.86. The molecule has 0 amide bonds. The molecule has 0 spiro atoms. The first-order chi connectivity index (χ1) is 8.11. The molecule has 0 bridgehead atoms. The number of pyridine rings is 1. The van der Waals surface area contributed by atoms with E-state index in [0.29, 0.717) is 16.7 Å². The van der Waals surface area contributed by atoms with Crippen LogP contribution in [0.3, 0.4) is 0 Å². The molecule has 0 aliphatic carbocycles. The number of hydrogen-bond acceptors (Lipinski definition) is 4. The Morgan fingerprint density at radius 3 is 3.00 bits per heavy atom. The van der Waals surface area contributed by atoms with Crippen LogP contribution in [-0.4, -0.2) is 21.3 Å². The fraction of sp³-hybridized carbons (Fsp3) is 0.273. The van der Waals surface area contributed by atoms with Crippen molar-refractivity contribution in [1.29, 1.82) is 0 Å². The molecule has 0 aromatic carbocycles. The van der Waals surface area contributed by atoms with Crippen LogP contribution in [0.15, 0.2) is 35.2 Å². The van der Waals surface area contributed by atoms with E-state index in [1.807, 2.05) is 6.92 Å². The zero-order valence-corrected chi connectivity index (χ0v) is 13.0. The molecule has 3 N–H and O–H groups in total. The molecule has 0 saturated heterocycles. The Morgan fingerprint density at radius 1 is 1.76 bits per heavy atom. The van der Waals surface area contributed by atoms with Gasteiger partial charge in [-0.15, -0.1) is 0 Å². The van der Waals surface area contributed by atoms with Crippen LogP contribution >= 0.6 is 38.5 Å². The average Bonchev–Trinajstić information content (AvgIpc) is 2.30. The minimum atomic E-state index is -0.806. The van der Waals surface area contributed by atoms with Gasteiger partial charge in [-0.25, -0.2) is 0 Å². The molecule has 1 aromatic rings. The van der Waals surface area contributed by atoms with E-state index < -0.39 is 6.10 Å². The van der Waals surface area contributed by atoms with Crippen molar-refractivity contribution >= 4 is 43.1 Å². The first kappa shape index (κ1) is 14.6. The van der Waals surface area contributed by atoms with Crippen LogP contribution in [0.4, 0.5) is 0 Å². The molecule has 92 valence electrons. The van der Waals surface area contributed by atoms with Gasteiger partial charge in [0.25, 0.3) is 0 Å². The van der Waals surface area contributed by atoms with Gasteiger partial charge >= 0.3 is 0 Å². The van der Waals surface area contributed by atoms with E-state index >= 15 is 0 Å². The normalized spacial score (nSPS) is 14.8. The highest BCUT2D eigenvalue weighted by molar-refractivity contribution is 14.1. The lowest BCUT2D eigenvalue weighted by atomic mass is 10.0. The van der Waals surface area contributed by atoms with Crippen LogP contribution < -0.4 is 5.73 Å². The van der Waals surface area contributed by atoms with Crippen molar-refractivity contribution in [1.82, 2.24) is 4.98 Å². The van der Waals surface area contributed by atoms with E-state index in [4.69, 9.17) is 5.73 Å². The maximum absolute atomic E-state index is 10.3. The second-order valence-corrected chi connectivity index (χ2v) is 5.10. The molecule has 1 heterocycles. The minimum Gasteiger partial charge on any atom is -0.404 e. The molecular weight excluding hydrogens is 397 g/mol. The Labute approximate surface area is 122 Å². The summed E-state index contributed by atoms with van der Waals surface area (Å²) in [6.07, 6.45) is 3.89. The molecule has 0 saturated carbocycles. The minimum absolute atomic E-state index is 0.552. The lowest BCUT2D eigenvalue weighted by Gasteiger charge is -2.15. The summed E-state index contributed by atoms with van der Waals surface area (Å²) >= 11 is 5.44. The second kappa shape index (κ2) is 7.07. The van der Waals surface area contributed by atoms with Crippen molar-refractivity contribution in [2.24, 2.45) is 10.7 Å². The van der Waals surface area contributed by atoms with Crippen LogP contribution in [0.2, 0.25) is 0 Å². The van der Waals surface area contributed by atoms with E-state index in [0.717, 1.165) is 9.13 Å². The van der Waals surface area contributed by atoms with Crippen LogP contribution in [0.25, 0.3) is 0 Å². The molecule has 0 aliphatic heterocycles. The van der Waals surface area contributed by atoms with Crippen molar-refractivity contribution in [3.05, 3.63) is 39.4 Å². The molecule has 0 fully saturated rings. The van der Waals surface area contributed by atoms with Gasteiger partial charge in [0, 0.05) is 39.8 Å². The van der Waals surface area contributed by atoms with Crippen molar-refractivity contribution < 1.29 is 5.11 Å². The van der Waals surface area contributed by atoms with Gasteiger partial charge in [0.05, 0.1) is 0 Å². The Morgan fingerprint density at radius 2 is 2.47 bits per heavy atom. The summed E-state index contributed by atoms with van der Waals surface area (Å²) < 4.78 is 1.45. The number of nitrogens with two attached hydrogens (primary N) is 1. The van der Waals surface area contributed by atoms with Gasteiger partial charge in [-0.2, -0.15) is 0 Å². The topological polar surface area (TPSA) is 71.5 Å². The smallest absolute Gasteiger partial charge is 0.109 e. The Hall–Kier alpha value is -0.470. The highest BCUT2D eigenvalue weighted by atomic mass is 127. The second-order valence-electron chi connectivity index (χ2n) is 3.19. The highest BCUT2D eigenvalue weighted by Crippen LogP contribution is 2.27. The van der Waals surface area contributed by atoms with E-state index in [1.54, 1.807) is 18.5 Å². The van der Waals surface area contributed by atoms with Gasteiger partial charge in [-0.3, -0.25) is 9.98 Å². The highest BCUT2D eigenvalue weighted by Gasteiger charge is 2.18. The van der Waals surface area contributed by atoms with E-state index in [1.165, 1.54) is 6.20 Å². The number of aromatic nitrogens is 1. The summed E-state index contributed by atoms with van der Waals surface area (Å²) in [7, 11) is 0. The van der Waals surface area contributed by atoms with Gasteiger partial charge in [-0.1, -0.05) is 0 Å². The zero-order valence-electron chi connectivity index (χ0n) is 9.27. The largest absolute Gasteiger partial charge is 0.404 e. The predicted octanol–water partition coefficient (Wildman–Crippen LogP) is 2.38. The number of nitrogens with zero attached hydrogens (tertiary/aromatic N) is 2. The van der Waals surface area contributed by atoms with Crippen molar-refractivity contribution in [2.75, 3.05) is 6.54 Å². The Kier molecular flexibility index (Phi) is 6.07. The lowest BCUT2D eigenvalue weighted by molar-refractivity contribution is 0.221. The lowest BCUT2D eigenvalue weighted by Crippen LogP contribution is -2.11. The fourth-order valence-corrected chi connectivity index (χ4v) is 2.51. The monoisotopic (exact) mass is 409 g/mol. The molecule has 4 nitrogen and oxygen atoms in total. The van der Waals surface area contributed by atoms with E-state index in [-0.39, 0.29) is 0 Å². The zero-order chi connectivity index (χ0) is 12.8. The average molecular weight is 410 g/mol. The molecule has 0 radical (unpaired) electrons. The van der Waals surface area contributed by atoms with Gasteiger partial charge in [0.15, 0.2) is 0 Å². The predicted molar refractivity (Wildman–Crippen MR) is 81.1 cm³/mol. The number of aliphatic hydroxyl groups excluding tert-OH is 1. The first-order valence-electron chi connectivity index (χ1n) is 5.01. The van der Waals surface area contributed by atoms with Crippen LogP contribution in [0.1, 0.15) is 18.6 Å². The number of aliphatic imine (C=N–C) groups is 1. The molecule has 17 heavy (non-hydrogen) atoms. The maximum Gasteiger partial charge on any atom is 0.109 e. The van der Waals surface area contributed by atoms with Gasteiger partial charge in [-0.05, 0) is 51.5 Å². The van der Waals surface area contributed by atoms with Gasteiger partial charge in [0.1, 0.15) is 10.7 Å². The number of rotatable bonds is 4. The third kappa shape index (κ3) is 3.75. The summed E-state index contributed by atoms with van der Waals surface area (Å²) in [5.74, 6) is 0. The first-order valence-corrected chi connectivity index (χ1v) is 6.88. The third-order valence-corrected chi connectivity index (χ3v) is 3.72. The van der Waals surface area contributed by atoms with Crippen LogP contribution in [0.5, 0.6) is 0 Å². The number of hydrogen-bond donors (Lipinski definition) is 2. The molecule has 1 unspecified atom stereocenters. The van der Waals surface area contributed by atoms with Crippen molar-refractivity contribution in [3.63, 3.8) is 0 Å². The van der Waals surface area contributed by atoms with Crippen LogP contribution in [-0.2, 0) is 0 Å². The Bertz CT molecular complexity index is 448. The van der Waals surface area contributed by atoms with Gasteiger partial charge < -0.3 is 10.8 Å². The molecular formula is C11H13BrIN3O. The summed E-state index contributed by atoms with van der Waals surface area (Å²) in [5, 5.41) is 10.3. The molecule has 0 aliphatic rings. The molecule has 1 aromatic heterocycles. The van der Waals surface area contributed by atoms with Crippen molar-refractivity contribution in [2.45, 2.75) is 13.0 Å². The van der Waals surface area contributed by atoms with E-state index in [2.05, 4.69) is 48.5 Å². The maximum atomic E-state index is 10.3. The SMILES string of the molecule is CCN=C(Br)C(=CN)C(O)c1ccncc1I. The quantitative estimate of drug-likeness (QED) is 0.592. The van der Waals surface area contributed by atoms with Crippen molar-refractivity contribution in [3.8, 4) is 0 Å². The number of halogens is 2. The fourth-order valence-electron chi connectivity index (χ4n) is 1.28. The molecule has 1 rings (SSSR count). The van der Waals surface area contributed by atoms with E-state index in [9.17, 15) is 5.11 Å². The molecule has 6 heteroatoms. The standard InChI is InChI=1S/C11H13BrIN3O/c1-2-16-11(12)8(5-14)10(17)7-3-4-15-6-9(7)13/h3-6,10,17H,2,14H2,1H3. The summed E-state index contributed by atoms with van der Waals surface area (Å²) in [6, 6.07) is 1.77. The van der Waals surface area contributed by atoms with Gasteiger partial charge in [0.2, 0.25) is 0 Å². The summed E-state index contributed by atoms with van der Waals surface area (Å²) in [4.78, 5) is 8.16. The summed E-state index contributed by atoms with van der Waals surface area (Å²) in [6.45, 7) is 2.54. The van der Waals surface area contributed by atoms with Crippen LogP contribution in [0, 0.1) is 3.57 Å². The third-order valence-electron chi connectivity index (χ3n) is 2.11.